The van der Waals surface area contributed by atoms with Gasteiger partial charge >= 0.3 is 5.97 Å². The first-order valence-electron chi connectivity index (χ1n) is 6.82. The molecule has 0 unspecified atom stereocenters. The highest BCUT2D eigenvalue weighted by molar-refractivity contribution is 5.67. The Labute approximate surface area is 118 Å². The number of hydrogen-bond donors (Lipinski definition) is 1. The molecule has 1 aromatic carbocycles. The number of rotatable bonds is 6. The molecule has 0 spiro atoms. The van der Waals surface area contributed by atoms with Crippen molar-refractivity contribution in [2.75, 3.05) is 20.3 Å². The van der Waals surface area contributed by atoms with E-state index >= 15 is 0 Å². The monoisotopic (exact) mass is 280 g/mol. The van der Waals surface area contributed by atoms with E-state index in [0.29, 0.717) is 17.9 Å². The maximum Gasteiger partial charge on any atom is 0.303 e. The van der Waals surface area contributed by atoms with E-state index in [1.165, 1.54) is 0 Å². The summed E-state index contributed by atoms with van der Waals surface area (Å²) in [4.78, 5) is 10.6. The van der Waals surface area contributed by atoms with E-state index in [1.807, 2.05) is 18.2 Å². The highest BCUT2D eigenvalue weighted by Crippen LogP contribution is 2.30. The van der Waals surface area contributed by atoms with E-state index in [0.717, 1.165) is 31.6 Å². The van der Waals surface area contributed by atoms with Gasteiger partial charge in [-0.25, -0.2) is 0 Å². The van der Waals surface area contributed by atoms with Crippen molar-refractivity contribution in [1.29, 1.82) is 0 Å². The minimum Gasteiger partial charge on any atom is -0.493 e. The third-order valence-corrected chi connectivity index (χ3v) is 3.32. The van der Waals surface area contributed by atoms with E-state index in [1.54, 1.807) is 7.11 Å². The molecule has 0 aliphatic carbocycles. The summed E-state index contributed by atoms with van der Waals surface area (Å²) in [6.45, 7) is 1.45. The molecule has 0 bridgehead atoms. The minimum atomic E-state index is -0.800. The van der Waals surface area contributed by atoms with E-state index < -0.39 is 5.97 Å². The molecule has 1 N–H and O–H groups in total. The van der Waals surface area contributed by atoms with Crippen LogP contribution >= 0.6 is 0 Å². The minimum absolute atomic E-state index is 0.114. The normalized spacial score (nSPS) is 15.8. The van der Waals surface area contributed by atoms with Gasteiger partial charge in [0.1, 0.15) is 6.10 Å². The van der Waals surface area contributed by atoms with Gasteiger partial charge in [0.25, 0.3) is 0 Å². The Morgan fingerprint density at radius 2 is 2.10 bits per heavy atom. The Balaban J connectivity index is 2.02. The average molecular weight is 280 g/mol. The lowest BCUT2D eigenvalue weighted by molar-refractivity contribution is -0.136. The Hall–Kier alpha value is -1.75. The molecule has 1 saturated heterocycles. The van der Waals surface area contributed by atoms with Crippen LogP contribution in [0.25, 0.3) is 0 Å². The molecule has 110 valence electrons. The summed E-state index contributed by atoms with van der Waals surface area (Å²) < 4.78 is 16.6. The number of carboxylic acids is 1. The highest BCUT2D eigenvalue weighted by Gasteiger charge is 2.17. The fraction of sp³-hybridized carbons (Fsp3) is 0.533. The molecule has 0 atom stereocenters. The van der Waals surface area contributed by atoms with E-state index in [4.69, 9.17) is 19.3 Å². The number of hydrogen-bond acceptors (Lipinski definition) is 4. The molecule has 20 heavy (non-hydrogen) atoms. The molecule has 5 nitrogen and oxygen atoms in total. The predicted molar refractivity (Wildman–Crippen MR) is 73.4 cm³/mol. The largest absolute Gasteiger partial charge is 0.493 e. The molecular formula is C15H20O5. The molecule has 1 aliphatic rings. The van der Waals surface area contributed by atoms with Crippen molar-refractivity contribution in [1.82, 2.24) is 0 Å². The predicted octanol–water partition coefficient (Wildman–Crippen LogP) is 2.27. The molecule has 2 rings (SSSR count). The fourth-order valence-electron chi connectivity index (χ4n) is 2.19. The molecule has 1 aliphatic heterocycles. The van der Waals surface area contributed by atoms with Gasteiger partial charge in [0, 0.05) is 19.3 Å². The first-order valence-corrected chi connectivity index (χ1v) is 6.82. The van der Waals surface area contributed by atoms with Crippen LogP contribution in [0, 0.1) is 0 Å². The Morgan fingerprint density at radius 1 is 1.35 bits per heavy atom. The second-order valence-corrected chi connectivity index (χ2v) is 4.81. The van der Waals surface area contributed by atoms with E-state index in [-0.39, 0.29) is 12.5 Å². The van der Waals surface area contributed by atoms with Crippen molar-refractivity contribution < 1.29 is 24.1 Å². The van der Waals surface area contributed by atoms with Crippen LogP contribution in [0.5, 0.6) is 11.5 Å². The Morgan fingerprint density at radius 3 is 2.75 bits per heavy atom. The average Bonchev–Trinajstić information content (AvgIpc) is 2.47. The van der Waals surface area contributed by atoms with Gasteiger partial charge in [0.2, 0.25) is 0 Å². The Bertz CT molecular complexity index is 452. The van der Waals surface area contributed by atoms with E-state index in [2.05, 4.69) is 0 Å². The lowest BCUT2D eigenvalue weighted by Gasteiger charge is -2.24. The molecule has 0 radical (unpaired) electrons. The molecular weight excluding hydrogens is 260 g/mol. The quantitative estimate of drug-likeness (QED) is 0.866. The molecule has 1 fully saturated rings. The lowest BCUT2D eigenvalue weighted by Crippen LogP contribution is -2.26. The molecule has 1 aromatic rings. The van der Waals surface area contributed by atoms with Crippen LogP contribution in [-0.4, -0.2) is 37.5 Å². The maximum atomic E-state index is 10.6. The van der Waals surface area contributed by atoms with Crippen molar-refractivity contribution in [3.63, 3.8) is 0 Å². The summed E-state index contributed by atoms with van der Waals surface area (Å²) in [6, 6.07) is 5.59. The van der Waals surface area contributed by atoms with Crippen LogP contribution in [0.1, 0.15) is 24.8 Å². The van der Waals surface area contributed by atoms with Crippen LogP contribution in [0.15, 0.2) is 18.2 Å². The number of aliphatic carboxylic acids is 1. The van der Waals surface area contributed by atoms with Crippen LogP contribution in [-0.2, 0) is 16.0 Å². The van der Waals surface area contributed by atoms with Gasteiger partial charge in [-0.1, -0.05) is 6.07 Å². The lowest BCUT2D eigenvalue weighted by atomic mass is 10.1. The SMILES string of the molecule is COc1cc(CCC(=O)O)ccc1OC1CCOCC1. The van der Waals surface area contributed by atoms with Gasteiger partial charge < -0.3 is 19.3 Å². The van der Waals surface area contributed by atoms with Crippen molar-refractivity contribution in [3.8, 4) is 11.5 Å². The topological polar surface area (TPSA) is 65.0 Å². The van der Waals surface area contributed by atoms with Crippen LogP contribution in [0.2, 0.25) is 0 Å². The number of carboxylic acid groups (broad SMARTS) is 1. The van der Waals surface area contributed by atoms with Gasteiger partial charge in [-0.3, -0.25) is 4.79 Å². The maximum absolute atomic E-state index is 10.6. The molecule has 1 heterocycles. The van der Waals surface area contributed by atoms with Crippen molar-refractivity contribution in [2.45, 2.75) is 31.8 Å². The molecule has 0 amide bonds. The summed E-state index contributed by atoms with van der Waals surface area (Å²) in [5.41, 5.74) is 0.934. The number of carbonyl (C=O) groups is 1. The molecule has 5 heteroatoms. The second kappa shape index (κ2) is 7.14. The molecule has 0 saturated carbocycles. The number of aryl methyl sites for hydroxylation is 1. The van der Waals surface area contributed by atoms with Gasteiger partial charge in [0.05, 0.1) is 20.3 Å². The van der Waals surface area contributed by atoms with Crippen LogP contribution < -0.4 is 9.47 Å². The third kappa shape index (κ3) is 4.13. The number of methoxy groups -OCH3 is 1. The smallest absolute Gasteiger partial charge is 0.303 e. The third-order valence-electron chi connectivity index (χ3n) is 3.32. The first kappa shape index (κ1) is 14.7. The fourth-order valence-corrected chi connectivity index (χ4v) is 2.19. The van der Waals surface area contributed by atoms with Crippen LogP contribution in [0.3, 0.4) is 0 Å². The summed E-state index contributed by atoms with van der Waals surface area (Å²) in [7, 11) is 1.59. The van der Waals surface area contributed by atoms with Crippen molar-refractivity contribution in [2.24, 2.45) is 0 Å². The van der Waals surface area contributed by atoms with Gasteiger partial charge in [-0.05, 0) is 24.1 Å². The zero-order valence-corrected chi connectivity index (χ0v) is 11.6. The first-order chi connectivity index (χ1) is 9.69. The number of ether oxygens (including phenoxy) is 3. The van der Waals surface area contributed by atoms with Gasteiger partial charge in [0.15, 0.2) is 11.5 Å². The summed E-state index contributed by atoms with van der Waals surface area (Å²) in [5, 5.41) is 8.70. The van der Waals surface area contributed by atoms with Gasteiger partial charge in [-0.15, -0.1) is 0 Å². The summed E-state index contributed by atoms with van der Waals surface area (Å²) in [5.74, 6) is 0.560. The van der Waals surface area contributed by atoms with Crippen molar-refractivity contribution >= 4 is 5.97 Å². The van der Waals surface area contributed by atoms with Crippen molar-refractivity contribution in [3.05, 3.63) is 23.8 Å². The summed E-state index contributed by atoms with van der Waals surface area (Å²) >= 11 is 0. The van der Waals surface area contributed by atoms with Gasteiger partial charge in [-0.2, -0.15) is 0 Å². The summed E-state index contributed by atoms with van der Waals surface area (Å²) in [6.07, 6.45) is 2.52. The highest BCUT2D eigenvalue weighted by atomic mass is 16.5. The zero-order valence-electron chi connectivity index (χ0n) is 11.6. The Kier molecular flexibility index (Phi) is 5.24. The van der Waals surface area contributed by atoms with E-state index in [9.17, 15) is 4.79 Å². The zero-order chi connectivity index (χ0) is 14.4. The number of benzene rings is 1. The standard InChI is InChI=1S/C15H20O5/c1-18-14-10-11(3-5-15(16)17)2-4-13(14)20-12-6-8-19-9-7-12/h2,4,10,12H,3,5-9H2,1H3,(H,16,17). The van der Waals surface area contributed by atoms with Crippen LogP contribution in [0.4, 0.5) is 0 Å². The second-order valence-electron chi connectivity index (χ2n) is 4.81. The molecule has 0 aromatic heterocycles.